The summed E-state index contributed by atoms with van der Waals surface area (Å²) in [5, 5.41) is 13.2. The predicted molar refractivity (Wildman–Crippen MR) is 79.6 cm³/mol. The van der Waals surface area contributed by atoms with Crippen molar-refractivity contribution in [2.24, 2.45) is 0 Å². The lowest BCUT2D eigenvalue weighted by Gasteiger charge is -2.25. The summed E-state index contributed by atoms with van der Waals surface area (Å²) in [6.45, 7) is 4.96. The van der Waals surface area contributed by atoms with Crippen molar-refractivity contribution in [3.8, 4) is 0 Å². The number of rotatable bonds is 9. The standard InChI is InChI=1S/C15H26N2O2/c1-4-9-16-10-13-7-5-6-8-15(13)17(2)11-14(18)12-19-3/h5-8,14,16,18H,4,9-12H2,1-3H3. The van der Waals surface area contributed by atoms with Crippen molar-refractivity contribution in [2.75, 3.05) is 38.8 Å². The molecule has 0 spiro atoms. The van der Waals surface area contributed by atoms with Crippen LogP contribution in [0.4, 0.5) is 5.69 Å². The number of nitrogens with zero attached hydrogens (tertiary/aromatic N) is 1. The third-order valence-corrected chi connectivity index (χ3v) is 2.99. The molecule has 0 aliphatic carbocycles. The fraction of sp³-hybridized carbons (Fsp3) is 0.600. The number of benzene rings is 1. The van der Waals surface area contributed by atoms with Gasteiger partial charge in [-0.15, -0.1) is 0 Å². The summed E-state index contributed by atoms with van der Waals surface area (Å²) in [4.78, 5) is 2.08. The normalized spacial score (nSPS) is 12.4. The summed E-state index contributed by atoms with van der Waals surface area (Å²) >= 11 is 0. The number of methoxy groups -OCH3 is 1. The van der Waals surface area contributed by atoms with Gasteiger partial charge in [0.05, 0.1) is 12.7 Å². The van der Waals surface area contributed by atoms with Crippen molar-refractivity contribution >= 4 is 5.69 Å². The van der Waals surface area contributed by atoms with Gasteiger partial charge < -0.3 is 20.1 Å². The molecule has 4 nitrogen and oxygen atoms in total. The van der Waals surface area contributed by atoms with Crippen LogP contribution in [0.25, 0.3) is 0 Å². The van der Waals surface area contributed by atoms with Crippen LogP contribution in [-0.4, -0.2) is 45.1 Å². The Kier molecular flexibility index (Phi) is 7.48. The van der Waals surface area contributed by atoms with Gasteiger partial charge in [-0.1, -0.05) is 25.1 Å². The summed E-state index contributed by atoms with van der Waals surface area (Å²) in [6, 6.07) is 8.28. The van der Waals surface area contributed by atoms with E-state index in [0.29, 0.717) is 13.2 Å². The van der Waals surface area contributed by atoms with E-state index in [1.165, 1.54) is 5.56 Å². The van der Waals surface area contributed by atoms with Gasteiger partial charge in [-0.05, 0) is 24.6 Å². The zero-order valence-corrected chi connectivity index (χ0v) is 12.2. The van der Waals surface area contributed by atoms with Crippen LogP contribution < -0.4 is 10.2 Å². The van der Waals surface area contributed by atoms with Crippen molar-refractivity contribution in [1.29, 1.82) is 0 Å². The average Bonchev–Trinajstić information content (AvgIpc) is 2.39. The molecule has 19 heavy (non-hydrogen) atoms. The lowest BCUT2D eigenvalue weighted by molar-refractivity contribution is 0.0695. The number of likely N-dealkylation sites (N-methyl/N-ethyl adjacent to an activating group) is 1. The Balaban J connectivity index is 2.64. The van der Waals surface area contributed by atoms with Gasteiger partial charge in [0, 0.05) is 32.9 Å². The molecule has 1 atom stereocenters. The maximum absolute atomic E-state index is 9.80. The van der Waals surface area contributed by atoms with E-state index in [-0.39, 0.29) is 0 Å². The third kappa shape index (κ3) is 5.59. The van der Waals surface area contributed by atoms with E-state index in [2.05, 4.69) is 29.3 Å². The number of aliphatic hydroxyl groups is 1. The molecule has 0 bridgehead atoms. The summed E-state index contributed by atoms with van der Waals surface area (Å²) in [5.74, 6) is 0. The monoisotopic (exact) mass is 266 g/mol. The van der Waals surface area contributed by atoms with Gasteiger partial charge in [0.1, 0.15) is 0 Å². The summed E-state index contributed by atoms with van der Waals surface area (Å²) < 4.78 is 4.96. The van der Waals surface area contributed by atoms with Crippen LogP contribution in [0.1, 0.15) is 18.9 Å². The SMILES string of the molecule is CCCNCc1ccccc1N(C)CC(O)COC. The predicted octanol–water partition coefficient (Wildman–Crippen LogP) is 1.63. The van der Waals surface area contributed by atoms with Crippen LogP contribution in [-0.2, 0) is 11.3 Å². The Morgan fingerprint density at radius 1 is 1.37 bits per heavy atom. The Morgan fingerprint density at radius 2 is 2.11 bits per heavy atom. The molecule has 1 rings (SSSR count). The second-order valence-electron chi connectivity index (χ2n) is 4.80. The van der Waals surface area contributed by atoms with Gasteiger partial charge in [-0.2, -0.15) is 0 Å². The minimum absolute atomic E-state index is 0.362. The first-order chi connectivity index (χ1) is 9.19. The number of anilines is 1. The quantitative estimate of drug-likeness (QED) is 0.667. The van der Waals surface area contributed by atoms with Crippen LogP contribution in [0, 0.1) is 0 Å². The maximum Gasteiger partial charge on any atom is 0.0947 e. The molecule has 0 aliphatic heterocycles. The molecule has 0 heterocycles. The Morgan fingerprint density at radius 3 is 2.79 bits per heavy atom. The van der Waals surface area contributed by atoms with Crippen LogP contribution in [0.5, 0.6) is 0 Å². The van der Waals surface area contributed by atoms with E-state index in [0.717, 1.165) is 25.2 Å². The molecule has 1 aromatic rings. The molecule has 1 unspecified atom stereocenters. The van der Waals surface area contributed by atoms with Crippen LogP contribution in [0.3, 0.4) is 0 Å². The molecule has 0 fully saturated rings. The Labute approximate surface area is 116 Å². The first-order valence-electron chi connectivity index (χ1n) is 6.85. The molecule has 2 N–H and O–H groups in total. The van der Waals surface area contributed by atoms with Gasteiger partial charge in [0.25, 0.3) is 0 Å². The highest BCUT2D eigenvalue weighted by Crippen LogP contribution is 2.19. The van der Waals surface area contributed by atoms with E-state index in [1.807, 2.05) is 19.2 Å². The van der Waals surface area contributed by atoms with Crippen molar-refractivity contribution in [3.05, 3.63) is 29.8 Å². The van der Waals surface area contributed by atoms with E-state index in [1.54, 1.807) is 7.11 Å². The molecule has 108 valence electrons. The molecule has 0 amide bonds. The van der Waals surface area contributed by atoms with Gasteiger partial charge >= 0.3 is 0 Å². The zero-order chi connectivity index (χ0) is 14.1. The number of nitrogens with one attached hydrogen (secondary N) is 1. The summed E-state index contributed by atoms with van der Waals surface area (Å²) in [5.41, 5.74) is 2.41. The largest absolute Gasteiger partial charge is 0.389 e. The molecule has 0 aliphatic rings. The zero-order valence-electron chi connectivity index (χ0n) is 12.2. The highest BCUT2D eigenvalue weighted by molar-refractivity contribution is 5.53. The molecule has 4 heteroatoms. The van der Waals surface area contributed by atoms with Crippen LogP contribution in [0.15, 0.2) is 24.3 Å². The van der Waals surface area contributed by atoms with Crippen molar-refractivity contribution in [3.63, 3.8) is 0 Å². The van der Waals surface area contributed by atoms with Gasteiger partial charge in [-0.3, -0.25) is 0 Å². The molecule has 0 aromatic heterocycles. The second kappa shape index (κ2) is 8.91. The maximum atomic E-state index is 9.80. The Hall–Kier alpha value is -1.10. The second-order valence-corrected chi connectivity index (χ2v) is 4.80. The minimum Gasteiger partial charge on any atom is -0.389 e. The fourth-order valence-corrected chi connectivity index (χ4v) is 2.09. The molecule has 0 radical (unpaired) electrons. The fourth-order valence-electron chi connectivity index (χ4n) is 2.09. The average molecular weight is 266 g/mol. The summed E-state index contributed by atoms with van der Waals surface area (Å²) in [6.07, 6.45) is 0.663. The van der Waals surface area contributed by atoms with Crippen LogP contribution >= 0.6 is 0 Å². The molecule has 1 aromatic carbocycles. The van der Waals surface area contributed by atoms with E-state index >= 15 is 0 Å². The molecular formula is C15H26N2O2. The highest BCUT2D eigenvalue weighted by atomic mass is 16.5. The number of aliphatic hydroxyl groups excluding tert-OH is 1. The number of hydrogen-bond donors (Lipinski definition) is 2. The molecular weight excluding hydrogens is 240 g/mol. The van der Waals surface area contributed by atoms with Gasteiger partial charge in [0.2, 0.25) is 0 Å². The molecule has 0 saturated heterocycles. The minimum atomic E-state index is -0.466. The van der Waals surface area contributed by atoms with Crippen molar-refractivity contribution in [1.82, 2.24) is 5.32 Å². The number of hydrogen-bond acceptors (Lipinski definition) is 4. The van der Waals surface area contributed by atoms with Gasteiger partial charge in [0.15, 0.2) is 0 Å². The van der Waals surface area contributed by atoms with Gasteiger partial charge in [-0.25, -0.2) is 0 Å². The highest BCUT2D eigenvalue weighted by Gasteiger charge is 2.11. The third-order valence-electron chi connectivity index (χ3n) is 2.99. The Bertz CT molecular complexity index is 358. The van der Waals surface area contributed by atoms with E-state index in [4.69, 9.17) is 4.74 Å². The first-order valence-corrected chi connectivity index (χ1v) is 6.85. The van der Waals surface area contributed by atoms with Crippen molar-refractivity contribution in [2.45, 2.75) is 26.0 Å². The number of para-hydroxylation sites is 1. The first kappa shape index (κ1) is 16.0. The number of ether oxygens (including phenoxy) is 1. The van der Waals surface area contributed by atoms with Crippen molar-refractivity contribution < 1.29 is 9.84 Å². The lowest BCUT2D eigenvalue weighted by Crippen LogP contribution is -2.32. The van der Waals surface area contributed by atoms with Crippen LogP contribution in [0.2, 0.25) is 0 Å². The molecule has 0 saturated carbocycles. The topological polar surface area (TPSA) is 44.7 Å². The van der Waals surface area contributed by atoms with E-state index < -0.39 is 6.10 Å². The summed E-state index contributed by atoms with van der Waals surface area (Å²) in [7, 11) is 3.60. The lowest BCUT2D eigenvalue weighted by atomic mass is 10.1. The smallest absolute Gasteiger partial charge is 0.0947 e. The van der Waals surface area contributed by atoms with E-state index in [9.17, 15) is 5.11 Å².